The second-order valence-corrected chi connectivity index (χ2v) is 18.4. The van der Waals surface area contributed by atoms with Crippen LogP contribution in [0.25, 0.3) is 0 Å². The van der Waals surface area contributed by atoms with Crippen molar-refractivity contribution in [2.45, 2.75) is 152 Å². The van der Waals surface area contributed by atoms with E-state index >= 15 is 0 Å². The molecular weight excluding hydrogens is 532 g/mol. The Morgan fingerprint density at radius 2 is 1.70 bits per heavy atom. The number of carbonyl (C=O) groups is 1. The van der Waals surface area contributed by atoms with Crippen LogP contribution in [0.2, 0.25) is 0 Å². The molecule has 0 amide bonds. The molecule has 5 aliphatic carbocycles. The smallest absolute Gasteiger partial charge is 0.310 e. The van der Waals surface area contributed by atoms with Crippen molar-refractivity contribution in [3.8, 4) is 0 Å². The van der Waals surface area contributed by atoms with Gasteiger partial charge in [0, 0.05) is 0 Å². The molecule has 0 bridgehead atoms. The number of ether oxygens (including phenoxy) is 2. The molecule has 1 N–H and O–H groups in total. The van der Waals surface area contributed by atoms with Gasteiger partial charge in [-0.3, -0.25) is 4.79 Å². The summed E-state index contributed by atoms with van der Waals surface area (Å²) in [5.74, 6) is 3.35. The molecule has 1 heterocycles. The molecule has 244 valence electrons. The Hall–Kier alpha value is -0.870. The lowest BCUT2D eigenvalue weighted by Crippen LogP contribution is -2.65. The molecule has 5 fully saturated rings. The Balaban J connectivity index is 1.25. The van der Waals surface area contributed by atoms with Crippen molar-refractivity contribution in [2.24, 2.45) is 68.5 Å². The van der Waals surface area contributed by atoms with E-state index in [0.29, 0.717) is 29.6 Å². The average molecular weight is 597 g/mol. The van der Waals surface area contributed by atoms with Crippen molar-refractivity contribution in [1.82, 2.24) is 0 Å². The maximum absolute atomic E-state index is 13.0. The first kappa shape index (κ1) is 32.1. The summed E-state index contributed by atoms with van der Waals surface area (Å²) in [5, 5.41) is 10.7. The summed E-state index contributed by atoms with van der Waals surface area (Å²) >= 11 is 0. The van der Waals surface area contributed by atoms with Crippen molar-refractivity contribution in [3.05, 3.63) is 11.6 Å². The molecule has 43 heavy (non-hydrogen) atoms. The lowest BCUT2D eigenvalue weighted by atomic mass is 9.33. The molecule has 4 saturated carbocycles. The van der Waals surface area contributed by atoms with Crippen molar-refractivity contribution in [2.75, 3.05) is 6.61 Å². The third kappa shape index (κ3) is 4.67. The van der Waals surface area contributed by atoms with Gasteiger partial charge in [0.2, 0.25) is 0 Å². The number of aliphatic carboxylic acids is 1. The number of allylic oxidation sites excluding steroid dienone is 2. The first-order chi connectivity index (χ1) is 20.1. The van der Waals surface area contributed by atoms with E-state index in [2.05, 4.69) is 68.4 Å². The summed E-state index contributed by atoms with van der Waals surface area (Å²) in [7, 11) is 0. The lowest BCUT2D eigenvalue weighted by Gasteiger charge is -2.71. The zero-order chi connectivity index (χ0) is 31.2. The Labute approximate surface area is 263 Å². The first-order valence-electron chi connectivity index (χ1n) is 18.3. The van der Waals surface area contributed by atoms with Crippen LogP contribution in [0, 0.1) is 68.5 Å². The fraction of sp³-hybridized carbons (Fsp3) is 0.923. The van der Waals surface area contributed by atoms with E-state index in [4.69, 9.17) is 9.47 Å². The monoisotopic (exact) mass is 596 g/mol. The molecule has 0 spiro atoms. The van der Waals surface area contributed by atoms with E-state index in [9.17, 15) is 9.90 Å². The van der Waals surface area contributed by atoms with Crippen LogP contribution in [-0.2, 0) is 14.3 Å². The van der Waals surface area contributed by atoms with Gasteiger partial charge in [0.05, 0.1) is 18.1 Å². The van der Waals surface area contributed by atoms with Crippen LogP contribution in [0.5, 0.6) is 0 Å². The van der Waals surface area contributed by atoms with Gasteiger partial charge in [0.15, 0.2) is 6.29 Å². The van der Waals surface area contributed by atoms with Crippen LogP contribution in [-0.4, -0.2) is 30.1 Å². The Bertz CT molecular complexity index is 1100. The van der Waals surface area contributed by atoms with Crippen LogP contribution < -0.4 is 0 Å². The highest BCUT2D eigenvalue weighted by atomic mass is 16.7. The van der Waals surface area contributed by atoms with Gasteiger partial charge in [-0.2, -0.15) is 0 Å². The van der Waals surface area contributed by atoms with E-state index < -0.39 is 11.4 Å². The highest BCUT2D eigenvalue weighted by Crippen LogP contribution is 2.76. The van der Waals surface area contributed by atoms with Crippen molar-refractivity contribution >= 4 is 5.97 Å². The first-order valence-corrected chi connectivity index (χ1v) is 18.3. The van der Waals surface area contributed by atoms with Gasteiger partial charge in [0.25, 0.3) is 0 Å². The fourth-order valence-corrected chi connectivity index (χ4v) is 13.0. The van der Waals surface area contributed by atoms with Crippen molar-refractivity contribution in [3.63, 3.8) is 0 Å². The minimum atomic E-state index is -0.561. The van der Waals surface area contributed by atoms with Crippen LogP contribution in [0.4, 0.5) is 0 Å². The maximum Gasteiger partial charge on any atom is 0.310 e. The topological polar surface area (TPSA) is 55.8 Å². The summed E-state index contributed by atoms with van der Waals surface area (Å²) in [4.78, 5) is 13.0. The summed E-state index contributed by atoms with van der Waals surface area (Å²) in [6.45, 7) is 23.1. The minimum Gasteiger partial charge on any atom is -0.481 e. The highest BCUT2D eigenvalue weighted by molar-refractivity contribution is 5.76. The Morgan fingerprint density at radius 1 is 0.953 bits per heavy atom. The molecule has 4 heteroatoms. The number of hydrogen-bond acceptors (Lipinski definition) is 3. The molecule has 1 saturated heterocycles. The molecule has 0 aromatic heterocycles. The van der Waals surface area contributed by atoms with Gasteiger partial charge in [-0.1, -0.05) is 74.0 Å². The summed E-state index contributed by atoms with van der Waals surface area (Å²) in [5.41, 5.74) is 1.64. The van der Waals surface area contributed by atoms with E-state index in [1.165, 1.54) is 32.1 Å². The molecule has 0 aromatic carbocycles. The summed E-state index contributed by atoms with van der Waals surface area (Å²) < 4.78 is 13.2. The zero-order valence-electron chi connectivity index (χ0n) is 29.1. The molecule has 6 aliphatic rings. The zero-order valence-corrected chi connectivity index (χ0v) is 29.1. The largest absolute Gasteiger partial charge is 0.481 e. The fourth-order valence-electron chi connectivity index (χ4n) is 13.0. The lowest BCUT2D eigenvalue weighted by molar-refractivity contribution is -0.262. The molecule has 12 atom stereocenters. The summed E-state index contributed by atoms with van der Waals surface area (Å²) in [6, 6.07) is 0. The minimum absolute atomic E-state index is 0.0402. The highest BCUT2D eigenvalue weighted by Gasteiger charge is 2.69. The number of rotatable bonds is 5. The van der Waals surface area contributed by atoms with E-state index in [1.807, 2.05) is 0 Å². The van der Waals surface area contributed by atoms with Gasteiger partial charge in [-0.05, 0) is 140 Å². The number of carboxylic acids is 1. The third-order valence-corrected chi connectivity index (χ3v) is 15.8. The average Bonchev–Trinajstić information content (AvgIpc) is 2.93. The Kier molecular flexibility index (Phi) is 8.10. The molecular formula is C39H64O4. The molecule has 6 rings (SSSR count). The third-order valence-electron chi connectivity index (χ3n) is 15.8. The molecule has 0 aromatic rings. The van der Waals surface area contributed by atoms with Crippen LogP contribution >= 0.6 is 0 Å². The quantitative estimate of drug-likeness (QED) is 0.253. The van der Waals surface area contributed by atoms with Gasteiger partial charge >= 0.3 is 5.97 Å². The normalized spacial score (nSPS) is 51.0. The second kappa shape index (κ2) is 10.9. The molecule has 0 radical (unpaired) electrons. The Morgan fingerprint density at radius 3 is 2.35 bits per heavy atom. The van der Waals surface area contributed by atoms with Crippen molar-refractivity contribution in [1.29, 1.82) is 0 Å². The number of carboxylic acid groups (broad SMARTS) is 1. The van der Waals surface area contributed by atoms with Crippen molar-refractivity contribution < 1.29 is 19.4 Å². The predicted octanol–water partition coefficient (Wildman–Crippen LogP) is 9.91. The van der Waals surface area contributed by atoms with E-state index in [0.717, 1.165) is 57.5 Å². The van der Waals surface area contributed by atoms with Gasteiger partial charge in [0.1, 0.15) is 0 Å². The number of hydrogen-bond donors (Lipinski definition) is 1. The van der Waals surface area contributed by atoms with E-state index in [-0.39, 0.29) is 40.0 Å². The van der Waals surface area contributed by atoms with Crippen LogP contribution in [0.3, 0.4) is 0 Å². The standard InChI is InChI=1S/C39H64O4/c1-24(2)22-27-10-13-32(42-23-27)43-31-16-17-36(7)29(35(31,5)6)15-18-38(9)30(36)12-11-28-33-26(4)25(3)14-19-39(33,34(40)41)21-20-37(28,38)8/h11,24-27,29-33H,10,12-23H2,1-9H3,(H,40,41). The SMILES string of the molecule is CC(C)CC1CCC(OC2CCC3(C)C(CCC4(C)C3CC=C3C5C(C)C(C)CCC5(C(=O)O)CCC34C)C2(C)C)OC1. The van der Waals surface area contributed by atoms with Crippen LogP contribution in [0.15, 0.2) is 11.6 Å². The predicted molar refractivity (Wildman–Crippen MR) is 173 cm³/mol. The number of fused-ring (bicyclic) bond motifs is 7. The maximum atomic E-state index is 13.0. The summed E-state index contributed by atoms with van der Waals surface area (Å²) in [6.07, 6.45) is 16.1. The molecule has 1 aliphatic heterocycles. The van der Waals surface area contributed by atoms with Gasteiger partial charge in [-0.25, -0.2) is 0 Å². The van der Waals surface area contributed by atoms with Gasteiger partial charge in [-0.15, -0.1) is 0 Å². The van der Waals surface area contributed by atoms with E-state index in [1.54, 1.807) is 5.57 Å². The molecule has 4 nitrogen and oxygen atoms in total. The second-order valence-electron chi connectivity index (χ2n) is 18.4. The van der Waals surface area contributed by atoms with Crippen LogP contribution in [0.1, 0.15) is 139 Å². The molecule has 12 unspecified atom stereocenters. The van der Waals surface area contributed by atoms with Gasteiger partial charge < -0.3 is 14.6 Å².